The lowest BCUT2D eigenvalue weighted by Crippen LogP contribution is -2.52. The second kappa shape index (κ2) is 17.2. The molecule has 11 heteroatoms. The van der Waals surface area contributed by atoms with Crippen molar-refractivity contribution < 1.29 is 23.8 Å². The van der Waals surface area contributed by atoms with Gasteiger partial charge in [-0.3, -0.25) is 4.99 Å². The highest BCUT2D eigenvalue weighted by molar-refractivity contribution is 5.93. The number of urea groups is 1. The average molecular weight is 679 g/mol. The number of ether oxygens (including phenoxy) is 3. The lowest BCUT2D eigenvalue weighted by atomic mass is 9.82. The third-order valence-corrected chi connectivity index (χ3v) is 9.67. The fourth-order valence-corrected chi connectivity index (χ4v) is 6.75. The van der Waals surface area contributed by atoms with E-state index in [2.05, 4.69) is 58.4 Å². The van der Waals surface area contributed by atoms with Crippen LogP contribution >= 0.6 is 0 Å². The van der Waals surface area contributed by atoms with Crippen molar-refractivity contribution in [3.05, 3.63) is 53.1 Å². The van der Waals surface area contributed by atoms with Gasteiger partial charge >= 0.3 is 12.0 Å². The average Bonchev–Trinajstić information content (AvgIpc) is 3.08. The summed E-state index contributed by atoms with van der Waals surface area (Å²) in [7, 11) is 4.87. The number of carbonyl (C=O) groups excluding carboxylic acids is 2. The Hall–Kier alpha value is -3.83. The molecule has 0 saturated carbocycles. The first-order valence-corrected chi connectivity index (χ1v) is 17.7. The van der Waals surface area contributed by atoms with Gasteiger partial charge in [0.15, 0.2) is 11.5 Å². The first-order chi connectivity index (χ1) is 23.4. The minimum atomic E-state index is -1.03. The largest absolute Gasteiger partial charge is 0.493 e. The van der Waals surface area contributed by atoms with Crippen molar-refractivity contribution in [3.8, 4) is 11.5 Å². The van der Waals surface area contributed by atoms with Crippen molar-refractivity contribution in [1.29, 1.82) is 0 Å². The number of hydrazine groups is 1. The molecule has 0 spiro atoms. The number of hydrogen-bond acceptors (Lipinski definition) is 8. The van der Waals surface area contributed by atoms with Crippen LogP contribution in [0.5, 0.6) is 11.5 Å². The van der Waals surface area contributed by atoms with Gasteiger partial charge in [0.25, 0.3) is 0 Å². The monoisotopic (exact) mass is 678 g/mol. The van der Waals surface area contributed by atoms with Crippen LogP contribution in [0.1, 0.15) is 89.3 Å². The topological polar surface area (TPSA) is 126 Å². The maximum atomic E-state index is 13.3. The third kappa shape index (κ3) is 10.6. The van der Waals surface area contributed by atoms with Crippen LogP contribution < -0.4 is 31.0 Å². The second-order valence-electron chi connectivity index (χ2n) is 14.5. The molecule has 1 aliphatic carbocycles. The molecular formula is C38H58N6O5. The highest BCUT2D eigenvalue weighted by Crippen LogP contribution is 2.34. The summed E-state index contributed by atoms with van der Waals surface area (Å²) in [5.74, 6) is 1.76. The summed E-state index contributed by atoms with van der Waals surface area (Å²) in [5.41, 5.74) is 10.3. The van der Waals surface area contributed by atoms with E-state index in [0.29, 0.717) is 23.1 Å². The molecular weight excluding hydrogens is 620 g/mol. The number of methoxy groups -OCH3 is 2. The minimum absolute atomic E-state index is 0.00568. The van der Waals surface area contributed by atoms with Gasteiger partial charge in [0, 0.05) is 30.8 Å². The Bertz CT molecular complexity index is 1450. The van der Waals surface area contributed by atoms with Gasteiger partial charge in [0.2, 0.25) is 0 Å². The number of amidine groups is 1. The number of amides is 2. The van der Waals surface area contributed by atoms with E-state index in [1.54, 1.807) is 58.7 Å². The van der Waals surface area contributed by atoms with Gasteiger partial charge in [-0.15, -0.1) is 0 Å². The number of likely N-dealkylation sites (tertiary alicyclic amines) is 1. The zero-order valence-corrected chi connectivity index (χ0v) is 30.8. The second-order valence-corrected chi connectivity index (χ2v) is 14.5. The summed E-state index contributed by atoms with van der Waals surface area (Å²) in [5, 5.41) is 5.56. The Morgan fingerprint density at radius 1 is 0.959 bits per heavy atom. The van der Waals surface area contributed by atoms with E-state index in [0.717, 1.165) is 44.7 Å². The normalized spacial score (nSPS) is 17.7. The summed E-state index contributed by atoms with van der Waals surface area (Å²) in [6.07, 6.45) is 8.13. The molecule has 49 heavy (non-hydrogen) atoms. The van der Waals surface area contributed by atoms with Crippen LogP contribution in [0.3, 0.4) is 0 Å². The number of benzene rings is 2. The summed E-state index contributed by atoms with van der Waals surface area (Å²) in [6, 6.07) is 10.7. The van der Waals surface area contributed by atoms with Crippen molar-refractivity contribution in [3.63, 3.8) is 0 Å². The lowest BCUT2D eigenvalue weighted by molar-refractivity contribution is -0.156. The molecule has 2 amide bonds. The van der Waals surface area contributed by atoms with Crippen LogP contribution in [-0.4, -0.2) is 81.8 Å². The highest BCUT2D eigenvalue weighted by Gasteiger charge is 2.34. The number of fused-ring (bicyclic) bond motifs is 1. The molecule has 2 aromatic rings. The number of aliphatic imine (C=N–C) groups is 1. The van der Waals surface area contributed by atoms with E-state index in [4.69, 9.17) is 19.2 Å². The Morgan fingerprint density at radius 3 is 2.29 bits per heavy atom. The van der Waals surface area contributed by atoms with E-state index in [-0.39, 0.29) is 12.0 Å². The maximum Gasteiger partial charge on any atom is 0.331 e. The van der Waals surface area contributed by atoms with E-state index in [1.807, 2.05) is 0 Å². The van der Waals surface area contributed by atoms with E-state index in [1.165, 1.54) is 43.9 Å². The van der Waals surface area contributed by atoms with Gasteiger partial charge in [-0.2, -0.15) is 0 Å². The van der Waals surface area contributed by atoms with Gasteiger partial charge in [-0.1, -0.05) is 32.0 Å². The van der Waals surface area contributed by atoms with Crippen molar-refractivity contribution >= 4 is 23.5 Å². The molecule has 0 bridgehead atoms. The number of nitrogens with one attached hydrogen (secondary N) is 4. The molecule has 2 aromatic carbocycles. The molecule has 270 valence electrons. The number of nitrogens with zero attached hydrogens (tertiary/aromatic N) is 2. The van der Waals surface area contributed by atoms with E-state index >= 15 is 0 Å². The maximum absolute atomic E-state index is 13.3. The van der Waals surface area contributed by atoms with Gasteiger partial charge in [-0.25, -0.2) is 15.0 Å². The summed E-state index contributed by atoms with van der Waals surface area (Å²) >= 11 is 0. The standard InChI is InChI=1S/C38H58N6O5/c1-9-38(5,25-44-20-18-27(19-21-44)29-15-14-26-12-10-11-13-28(26)22-29)35(43-39-6)40-24-31(34(45)49-37(2,3)4)42-36(46)41-30-16-17-32(47-7)33(23-30)48-8/h14-17,22-23,27,31,39H,9-13,18-21,24-25H2,1-8H3,(H,40,43)(H2,41,42,46)/t31-,38?/m0/s1. The molecule has 4 N–H and O–H groups in total. The quantitative estimate of drug-likeness (QED) is 0.0903. The molecule has 0 radical (unpaired) electrons. The zero-order valence-electron chi connectivity index (χ0n) is 30.8. The highest BCUT2D eigenvalue weighted by atomic mass is 16.6. The van der Waals surface area contributed by atoms with Gasteiger partial charge in [-0.05, 0) is 114 Å². The first-order valence-electron chi connectivity index (χ1n) is 17.7. The van der Waals surface area contributed by atoms with E-state index < -0.39 is 23.6 Å². The molecule has 1 unspecified atom stereocenters. The molecule has 4 rings (SSSR count). The number of carbonyl (C=O) groups is 2. The SMILES string of the molecule is CCC(C)(CN1CCC(c2ccc3c(c2)CCCC3)CC1)C(=NC[C@H](NC(=O)Nc1ccc(OC)c(OC)c1)C(=O)OC(C)(C)C)NNC. The lowest BCUT2D eigenvalue weighted by Gasteiger charge is -2.39. The summed E-state index contributed by atoms with van der Waals surface area (Å²) in [6.45, 7) is 12.6. The van der Waals surface area contributed by atoms with Crippen LogP contribution in [0.2, 0.25) is 0 Å². The van der Waals surface area contributed by atoms with Crippen LogP contribution in [0, 0.1) is 5.41 Å². The van der Waals surface area contributed by atoms with Crippen molar-refractivity contribution in [1.82, 2.24) is 21.1 Å². The predicted octanol–water partition coefficient (Wildman–Crippen LogP) is 5.83. The van der Waals surface area contributed by atoms with Crippen molar-refractivity contribution in [2.24, 2.45) is 10.4 Å². The Balaban J connectivity index is 1.45. The Morgan fingerprint density at radius 2 is 1.65 bits per heavy atom. The van der Waals surface area contributed by atoms with Gasteiger partial charge in [0.05, 0.1) is 20.8 Å². The van der Waals surface area contributed by atoms with Gasteiger partial charge in [0.1, 0.15) is 17.5 Å². The Labute approximate surface area is 292 Å². The Kier molecular flexibility index (Phi) is 13.3. The number of aryl methyl sites for hydroxylation is 2. The third-order valence-electron chi connectivity index (χ3n) is 9.67. The van der Waals surface area contributed by atoms with Crippen LogP contribution in [0.4, 0.5) is 10.5 Å². The molecule has 1 heterocycles. The predicted molar refractivity (Wildman–Crippen MR) is 196 cm³/mol. The molecule has 0 aromatic heterocycles. The molecule has 1 fully saturated rings. The number of piperidine rings is 1. The smallest absolute Gasteiger partial charge is 0.331 e. The van der Waals surface area contributed by atoms with Crippen LogP contribution in [0.15, 0.2) is 41.4 Å². The molecule has 1 aliphatic heterocycles. The van der Waals surface area contributed by atoms with Crippen LogP contribution in [0.25, 0.3) is 0 Å². The summed E-state index contributed by atoms with van der Waals surface area (Å²) in [4.78, 5) is 34.0. The molecule has 2 atom stereocenters. The fourth-order valence-electron chi connectivity index (χ4n) is 6.75. The van der Waals surface area contributed by atoms with Crippen LogP contribution in [-0.2, 0) is 22.4 Å². The number of esters is 1. The van der Waals surface area contributed by atoms with Gasteiger partial charge < -0.3 is 35.2 Å². The zero-order chi connectivity index (χ0) is 35.6. The number of hydrogen-bond donors (Lipinski definition) is 4. The van der Waals surface area contributed by atoms with Crippen molar-refractivity contribution in [2.45, 2.75) is 97.1 Å². The minimum Gasteiger partial charge on any atom is -0.493 e. The number of rotatable bonds is 13. The van der Waals surface area contributed by atoms with Crippen molar-refractivity contribution in [2.75, 3.05) is 52.8 Å². The molecule has 11 nitrogen and oxygen atoms in total. The van der Waals surface area contributed by atoms with E-state index in [9.17, 15) is 9.59 Å². The fraction of sp³-hybridized carbons (Fsp3) is 0.605. The first kappa shape index (κ1) is 38.0. The summed E-state index contributed by atoms with van der Waals surface area (Å²) < 4.78 is 16.3. The molecule has 2 aliphatic rings. The number of anilines is 1. The molecule has 1 saturated heterocycles.